The minimum Gasteiger partial charge on any atom is -0.365 e. The van der Waals surface area contributed by atoms with E-state index in [2.05, 4.69) is 0 Å². The zero-order chi connectivity index (χ0) is 13.1. The molecule has 1 fully saturated rings. The normalized spacial score (nSPS) is 23.2. The summed E-state index contributed by atoms with van der Waals surface area (Å²) in [7, 11) is 0. The number of rotatable bonds is 2. The molecule has 1 saturated heterocycles. The van der Waals surface area contributed by atoms with Gasteiger partial charge in [0.05, 0.1) is 0 Å². The van der Waals surface area contributed by atoms with Crippen molar-refractivity contribution in [1.29, 1.82) is 0 Å². The highest BCUT2D eigenvalue weighted by Crippen LogP contribution is 2.42. The first kappa shape index (κ1) is 12.4. The molecule has 98 valence electrons. The molecule has 0 saturated carbocycles. The summed E-state index contributed by atoms with van der Waals surface area (Å²) in [5, 5.41) is 0. The lowest BCUT2D eigenvalue weighted by Crippen LogP contribution is -2.35. The maximum Gasteiger partial charge on any atom is 0.129 e. The molecule has 0 aliphatic carbocycles. The van der Waals surface area contributed by atoms with Crippen LogP contribution in [0, 0.1) is 5.82 Å². The first-order valence-corrected chi connectivity index (χ1v) is 6.77. The average Bonchev–Trinajstić information content (AvgIpc) is 2.49. The summed E-state index contributed by atoms with van der Waals surface area (Å²) >= 11 is 0. The van der Waals surface area contributed by atoms with Gasteiger partial charge >= 0.3 is 0 Å². The van der Waals surface area contributed by atoms with E-state index in [1.165, 1.54) is 6.07 Å². The highest BCUT2D eigenvalue weighted by molar-refractivity contribution is 5.37. The van der Waals surface area contributed by atoms with Gasteiger partial charge < -0.3 is 4.74 Å². The van der Waals surface area contributed by atoms with Crippen LogP contribution in [0.15, 0.2) is 54.6 Å². The van der Waals surface area contributed by atoms with Crippen LogP contribution in [0.5, 0.6) is 0 Å². The summed E-state index contributed by atoms with van der Waals surface area (Å²) in [6, 6.07) is 16.9. The Labute approximate surface area is 113 Å². The minimum atomic E-state index is -0.620. The van der Waals surface area contributed by atoms with Crippen LogP contribution in [0.3, 0.4) is 0 Å². The lowest BCUT2D eigenvalue weighted by molar-refractivity contribution is -0.0554. The Morgan fingerprint density at radius 1 is 0.895 bits per heavy atom. The fourth-order valence-corrected chi connectivity index (χ4v) is 2.89. The zero-order valence-electron chi connectivity index (χ0n) is 10.8. The predicted molar refractivity (Wildman–Crippen MR) is 73.4 cm³/mol. The monoisotopic (exact) mass is 256 g/mol. The molecule has 2 aromatic rings. The maximum absolute atomic E-state index is 14.2. The van der Waals surface area contributed by atoms with Crippen LogP contribution in [0.2, 0.25) is 0 Å². The zero-order valence-corrected chi connectivity index (χ0v) is 10.8. The smallest absolute Gasteiger partial charge is 0.129 e. The number of hydrogen-bond donors (Lipinski definition) is 0. The SMILES string of the molecule is Fc1ccccc1C1(c2ccccc2)CCCCO1. The number of benzene rings is 2. The van der Waals surface area contributed by atoms with Crippen molar-refractivity contribution in [2.24, 2.45) is 0 Å². The Bertz CT molecular complexity index is 544. The van der Waals surface area contributed by atoms with E-state index in [0.29, 0.717) is 12.2 Å². The molecule has 0 spiro atoms. The molecule has 1 aliphatic heterocycles. The molecule has 0 bridgehead atoms. The Hall–Kier alpha value is -1.67. The van der Waals surface area contributed by atoms with Crippen molar-refractivity contribution < 1.29 is 9.13 Å². The van der Waals surface area contributed by atoms with Gasteiger partial charge in [-0.25, -0.2) is 4.39 Å². The summed E-state index contributed by atoms with van der Waals surface area (Å²) in [4.78, 5) is 0. The van der Waals surface area contributed by atoms with E-state index in [1.54, 1.807) is 6.07 Å². The van der Waals surface area contributed by atoms with Crippen molar-refractivity contribution >= 4 is 0 Å². The third-order valence-electron chi connectivity index (χ3n) is 3.82. The van der Waals surface area contributed by atoms with Crippen molar-refractivity contribution in [2.75, 3.05) is 6.61 Å². The van der Waals surface area contributed by atoms with Gasteiger partial charge in [0, 0.05) is 12.2 Å². The largest absolute Gasteiger partial charge is 0.365 e. The minimum absolute atomic E-state index is 0.187. The van der Waals surface area contributed by atoms with Crippen molar-refractivity contribution in [3.63, 3.8) is 0 Å². The van der Waals surface area contributed by atoms with Gasteiger partial charge in [0.25, 0.3) is 0 Å². The number of hydrogen-bond acceptors (Lipinski definition) is 1. The predicted octanol–water partition coefficient (Wildman–Crippen LogP) is 4.27. The Balaban J connectivity index is 2.15. The average molecular weight is 256 g/mol. The Morgan fingerprint density at radius 3 is 2.32 bits per heavy atom. The molecule has 19 heavy (non-hydrogen) atoms. The van der Waals surface area contributed by atoms with E-state index in [9.17, 15) is 4.39 Å². The summed E-state index contributed by atoms with van der Waals surface area (Å²) in [5.74, 6) is -0.187. The van der Waals surface area contributed by atoms with Crippen LogP contribution in [-0.4, -0.2) is 6.61 Å². The van der Waals surface area contributed by atoms with E-state index < -0.39 is 5.60 Å². The second kappa shape index (κ2) is 5.14. The van der Waals surface area contributed by atoms with Gasteiger partial charge in [-0.15, -0.1) is 0 Å². The molecule has 1 heterocycles. The second-order valence-electron chi connectivity index (χ2n) is 4.98. The van der Waals surface area contributed by atoms with Gasteiger partial charge in [0.15, 0.2) is 0 Å². The molecule has 0 aromatic heterocycles. The molecule has 2 aromatic carbocycles. The molecular formula is C17H17FO. The van der Waals surface area contributed by atoms with E-state index >= 15 is 0 Å². The van der Waals surface area contributed by atoms with E-state index in [1.807, 2.05) is 42.5 Å². The lowest BCUT2D eigenvalue weighted by atomic mass is 9.80. The summed E-state index contributed by atoms with van der Waals surface area (Å²) < 4.78 is 20.3. The molecule has 1 atom stereocenters. The van der Waals surface area contributed by atoms with Gasteiger partial charge in [-0.3, -0.25) is 0 Å². The molecule has 1 unspecified atom stereocenters. The van der Waals surface area contributed by atoms with Gasteiger partial charge in [-0.05, 0) is 30.9 Å². The summed E-state index contributed by atoms with van der Waals surface area (Å²) in [5.41, 5.74) is 1.07. The first-order chi connectivity index (χ1) is 9.33. The van der Waals surface area contributed by atoms with Gasteiger partial charge in [-0.2, -0.15) is 0 Å². The van der Waals surface area contributed by atoms with Crippen LogP contribution in [0.1, 0.15) is 30.4 Å². The quantitative estimate of drug-likeness (QED) is 0.779. The van der Waals surface area contributed by atoms with Gasteiger partial charge in [-0.1, -0.05) is 48.5 Å². The number of halogens is 1. The lowest BCUT2D eigenvalue weighted by Gasteiger charge is -2.38. The highest BCUT2D eigenvalue weighted by Gasteiger charge is 2.38. The number of ether oxygens (including phenoxy) is 1. The maximum atomic E-state index is 14.2. The fraction of sp³-hybridized carbons (Fsp3) is 0.294. The summed E-state index contributed by atoms with van der Waals surface area (Å²) in [6.07, 6.45) is 2.93. The molecule has 0 N–H and O–H groups in total. The van der Waals surface area contributed by atoms with E-state index in [4.69, 9.17) is 4.74 Å². The van der Waals surface area contributed by atoms with Crippen LogP contribution in [0.25, 0.3) is 0 Å². The summed E-state index contributed by atoms with van der Waals surface area (Å²) in [6.45, 7) is 0.684. The fourth-order valence-electron chi connectivity index (χ4n) is 2.89. The van der Waals surface area contributed by atoms with Crippen molar-refractivity contribution in [2.45, 2.75) is 24.9 Å². The molecule has 1 aliphatic rings. The van der Waals surface area contributed by atoms with Crippen LogP contribution in [0.4, 0.5) is 4.39 Å². The van der Waals surface area contributed by atoms with E-state index in [-0.39, 0.29) is 5.82 Å². The molecule has 3 rings (SSSR count). The Kier molecular flexibility index (Phi) is 3.34. The van der Waals surface area contributed by atoms with Crippen LogP contribution in [-0.2, 0) is 10.3 Å². The van der Waals surface area contributed by atoms with E-state index in [0.717, 1.165) is 24.8 Å². The third-order valence-corrected chi connectivity index (χ3v) is 3.82. The molecule has 2 heteroatoms. The third kappa shape index (κ3) is 2.17. The Morgan fingerprint density at radius 2 is 1.63 bits per heavy atom. The molecule has 0 amide bonds. The topological polar surface area (TPSA) is 9.23 Å². The van der Waals surface area contributed by atoms with Crippen molar-refractivity contribution in [3.8, 4) is 0 Å². The molecule has 0 radical (unpaired) electrons. The van der Waals surface area contributed by atoms with Crippen LogP contribution < -0.4 is 0 Å². The molecular weight excluding hydrogens is 239 g/mol. The van der Waals surface area contributed by atoms with Crippen LogP contribution >= 0.6 is 0 Å². The van der Waals surface area contributed by atoms with Gasteiger partial charge in [0.1, 0.15) is 11.4 Å². The van der Waals surface area contributed by atoms with Gasteiger partial charge in [0.2, 0.25) is 0 Å². The highest BCUT2D eigenvalue weighted by atomic mass is 19.1. The first-order valence-electron chi connectivity index (χ1n) is 6.77. The van der Waals surface area contributed by atoms with Crippen molar-refractivity contribution in [3.05, 3.63) is 71.5 Å². The molecule has 1 nitrogen and oxygen atoms in total. The standard InChI is InChI=1S/C17H17FO/c18-16-11-5-4-10-15(16)17(12-6-7-13-19-17)14-8-2-1-3-9-14/h1-5,8-11H,6-7,12-13H2. The second-order valence-corrected chi connectivity index (χ2v) is 4.98. The van der Waals surface area contributed by atoms with Crippen molar-refractivity contribution in [1.82, 2.24) is 0 Å².